The van der Waals surface area contributed by atoms with E-state index in [0.29, 0.717) is 20.5 Å². The lowest BCUT2D eigenvalue weighted by Crippen LogP contribution is -2.16. The van der Waals surface area contributed by atoms with Crippen molar-refractivity contribution >= 4 is 56.7 Å². The molecular weight excluding hydrogens is 371 g/mol. The largest absolute Gasteiger partial charge is 0.508 e. The van der Waals surface area contributed by atoms with E-state index in [-0.39, 0.29) is 11.5 Å². The average Bonchev–Trinajstić information content (AvgIpc) is 2.85. The third-order valence-corrected chi connectivity index (χ3v) is 5.07. The molecule has 0 saturated heterocycles. The van der Waals surface area contributed by atoms with Gasteiger partial charge in [-0.3, -0.25) is 4.79 Å². The van der Waals surface area contributed by atoms with Gasteiger partial charge in [-0.1, -0.05) is 29.3 Å². The zero-order valence-electron chi connectivity index (χ0n) is 12.0. The first-order chi connectivity index (χ1) is 11.5. The predicted molar refractivity (Wildman–Crippen MR) is 96.7 cm³/mol. The van der Waals surface area contributed by atoms with E-state index in [1.807, 2.05) is 0 Å². The van der Waals surface area contributed by atoms with Crippen molar-refractivity contribution in [2.24, 2.45) is 5.10 Å². The lowest BCUT2D eigenvalue weighted by atomic mass is 10.2. The maximum atomic E-state index is 12.2. The van der Waals surface area contributed by atoms with Crippen molar-refractivity contribution in [3.05, 3.63) is 56.9 Å². The Balaban J connectivity index is 1.80. The van der Waals surface area contributed by atoms with Crippen LogP contribution in [0.25, 0.3) is 10.1 Å². The number of thiophene rings is 1. The highest BCUT2D eigenvalue weighted by Gasteiger charge is 2.16. The van der Waals surface area contributed by atoms with Crippen LogP contribution in [0.3, 0.4) is 0 Å². The van der Waals surface area contributed by atoms with Crippen LogP contribution < -0.4 is 5.43 Å². The number of aromatic hydroxyl groups is 2. The molecule has 5 nitrogen and oxygen atoms in total. The lowest BCUT2D eigenvalue weighted by Gasteiger charge is -2.00. The number of phenolic OH excluding ortho intramolecular Hbond substituents is 2. The molecule has 24 heavy (non-hydrogen) atoms. The number of hydrogen-bond donors (Lipinski definition) is 3. The molecule has 0 fully saturated rings. The first-order valence-electron chi connectivity index (χ1n) is 6.68. The summed E-state index contributed by atoms with van der Waals surface area (Å²) in [6, 6.07) is 9.24. The highest BCUT2D eigenvalue weighted by molar-refractivity contribution is 7.21. The second kappa shape index (κ2) is 6.68. The maximum absolute atomic E-state index is 12.2. The Bertz CT molecular complexity index is 969. The summed E-state index contributed by atoms with van der Waals surface area (Å²) in [6.07, 6.45) is 1.27. The molecule has 3 rings (SSSR count). The first-order valence-corrected chi connectivity index (χ1v) is 8.26. The number of hydrogen-bond acceptors (Lipinski definition) is 5. The van der Waals surface area contributed by atoms with Crippen LogP contribution in [0.1, 0.15) is 15.2 Å². The van der Waals surface area contributed by atoms with E-state index in [0.717, 1.165) is 10.1 Å². The van der Waals surface area contributed by atoms with Crippen LogP contribution in [0.5, 0.6) is 11.5 Å². The number of nitrogens with zero attached hydrogens (tertiary/aromatic N) is 1. The van der Waals surface area contributed by atoms with Crippen molar-refractivity contribution in [3.63, 3.8) is 0 Å². The summed E-state index contributed by atoms with van der Waals surface area (Å²) in [5.41, 5.74) is 2.70. The molecule has 0 atom stereocenters. The summed E-state index contributed by atoms with van der Waals surface area (Å²) in [7, 11) is 0. The van der Waals surface area contributed by atoms with Gasteiger partial charge in [-0.2, -0.15) is 5.10 Å². The Labute approximate surface area is 150 Å². The van der Waals surface area contributed by atoms with E-state index in [2.05, 4.69) is 10.5 Å². The van der Waals surface area contributed by atoms with Gasteiger partial charge in [0.05, 0.1) is 11.2 Å². The van der Waals surface area contributed by atoms with Gasteiger partial charge in [0.2, 0.25) is 0 Å². The Morgan fingerprint density at radius 3 is 2.71 bits per heavy atom. The summed E-state index contributed by atoms with van der Waals surface area (Å²) < 4.78 is 0.804. The topological polar surface area (TPSA) is 81.9 Å². The zero-order valence-corrected chi connectivity index (χ0v) is 14.3. The maximum Gasteiger partial charge on any atom is 0.283 e. The molecule has 1 aromatic heterocycles. The summed E-state index contributed by atoms with van der Waals surface area (Å²) >= 11 is 13.4. The number of carbonyl (C=O) groups excluding carboxylic acids is 1. The molecule has 0 aliphatic heterocycles. The smallest absolute Gasteiger partial charge is 0.283 e. The molecule has 0 spiro atoms. The Kier molecular flexibility index (Phi) is 4.62. The Morgan fingerprint density at radius 1 is 1.17 bits per heavy atom. The van der Waals surface area contributed by atoms with Crippen molar-refractivity contribution < 1.29 is 15.0 Å². The standard InChI is InChI=1S/C16H10Cl2N2O3S/c17-9-2-4-11-13(5-9)24-15(14(11)18)16(23)20-19-7-8-1-3-10(21)6-12(8)22/h1-7,21-22H,(H,20,23)/b19-7+. The minimum Gasteiger partial charge on any atom is -0.508 e. The third-order valence-electron chi connectivity index (χ3n) is 3.18. The Morgan fingerprint density at radius 2 is 1.96 bits per heavy atom. The molecule has 0 aliphatic rings. The summed E-state index contributed by atoms with van der Waals surface area (Å²) in [4.78, 5) is 12.5. The summed E-state index contributed by atoms with van der Waals surface area (Å²) in [6.45, 7) is 0. The highest BCUT2D eigenvalue weighted by atomic mass is 35.5. The second-order valence-corrected chi connectivity index (χ2v) is 6.69. The van der Waals surface area contributed by atoms with Gasteiger partial charge in [0, 0.05) is 26.7 Å². The van der Waals surface area contributed by atoms with E-state index in [1.165, 1.54) is 35.8 Å². The van der Waals surface area contributed by atoms with Crippen LogP contribution in [0.4, 0.5) is 0 Å². The van der Waals surface area contributed by atoms with E-state index in [1.54, 1.807) is 18.2 Å². The fourth-order valence-corrected chi connectivity index (χ4v) is 3.72. The number of nitrogens with one attached hydrogen (secondary N) is 1. The molecule has 0 saturated carbocycles. The number of fused-ring (bicyclic) bond motifs is 1. The van der Waals surface area contributed by atoms with Gasteiger partial charge >= 0.3 is 0 Å². The fourth-order valence-electron chi connectivity index (χ4n) is 2.04. The zero-order chi connectivity index (χ0) is 17.3. The number of hydrazone groups is 1. The van der Waals surface area contributed by atoms with Crippen LogP contribution in [0.2, 0.25) is 10.0 Å². The molecule has 0 aliphatic carbocycles. The van der Waals surface area contributed by atoms with E-state index in [4.69, 9.17) is 23.2 Å². The van der Waals surface area contributed by atoms with Gasteiger partial charge < -0.3 is 10.2 Å². The number of phenols is 2. The molecule has 0 bridgehead atoms. The molecule has 8 heteroatoms. The summed E-state index contributed by atoms with van der Waals surface area (Å²) in [5.74, 6) is -0.682. The van der Waals surface area contributed by atoms with Crippen LogP contribution in [0, 0.1) is 0 Å². The Hall–Kier alpha value is -2.28. The molecule has 1 amide bonds. The minimum absolute atomic E-state index is 0.0654. The average molecular weight is 381 g/mol. The molecule has 122 valence electrons. The molecule has 1 heterocycles. The SMILES string of the molecule is O=C(N/N=C/c1ccc(O)cc1O)c1sc2cc(Cl)ccc2c1Cl. The number of benzene rings is 2. The number of halogens is 2. The molecule has 2 aromatic carbocycles. The highest BCUT2D eigenvalue weighted by Crippen LogP contribution is 2.36. The number of rotatable bonds is 3. The van der Waals surface area contributed by atoms with E-state index < -0.39 is 5.91 Å². The van der Waals surface area contributed by atoms with Crippen LogP contribution >= 0.6 is 34.5 Å². The van der Waals surface area contributed by atoms with Crippen LogP contribution in [-0.2, 0) is 0 Å². The monoisotopic (exact) mass is 380 g/mol. The number of carbonyl (C=O) groups is 1. The van der Waals surface area contributed by atoms with E-state index >= 15 is 0 Å². The van der Waals surface area contributed by atoms with Crippen molar-refractivity contribution in [1.29, 1.82) is 0 Å². The number of amides is 1. The van der Waals surface area contributed by atoms with Crippen LogP contribution in [-0.4, -0.2) is 22.3 Å². The minimum atomic E-state index is -0.466. The molecule has 0 unspecified atom stereocenters. The van der Waals surface area contributed by atoms with Gasteiger partial charge in [0.1, 0.15) is 16.4 Å². The molecule has 0 radical (unpaired) electrons. The van der Waals surface area contributed by atoms with Gasteiger partial charge in [0.15, 0.2) is 0 Å². The fraction of sp³-hybridized carbons (Fsp3) is 0. The van der Waals surface area contributed by atoms with Crippen LogP contribution in [0.15, 0.2) is 41.5 Å². The normalized spacial score (nSPS) is 11.2. The third kappa shape index (κ3) is 3.31. The predicted octanol–water partition coefficient (Wildman–Crippen LogP) is 4.38. The van der Waals surface area contributed by atoms with Crippen molar-refractivity contribution in [1.82, 2.24) is 5.43 Å². The van der Waals surface area contributed by atoms with Gasteiger partial charge in [-0.25, -0.2) is 5.43 Å². The molecule has 3 aromatic rings. The van der Waals surface area contributed by atoms with Gasteiger partial charge in [-0.15, -0.1) is 11.3 Å². The second-order valence-electron chi connectivity index (χ2n) is 4.83. The molecular formula is C16H10Cl2N2O3S. The van der Waals surface area contributed by atoms with Crippen molar-refractivity contribution in [2.45, 2.75) is 0 Å². The van der Waals surface area contributed by atoms with Gasteiger partial charge in [-0.05, 0) is 24.3 Å². The van der Waals surface area contributed by atoms with E-state index in [9.17, 15) is 15.0 Å². The molecule has 3 N–H and O–H groups in total. The summed E-state index contributed by atoms with van der Waals surface area (Å²) in [5, 5.41) is 24.3. The van der Waals surface area contributed by atoms with Crippen molar-refractivity contribution in [2.75, 3.05) is 0 Å². The van der Waals surface area contributed by atoms with Crippen molar-refractivity contribution in [3.8, 4) is 11.5 Å². The van der Waals surface area contributed by atoms with Gasteiger partial charge in [0.25, 0.3) is 5.91 Å². The first kappa shape index (κ1) is 16.6. The quantitative estimate of drug-likeness (QED) is 0.465. The lowest BCUT2D eigenvalue weighted by molar-refractivity contribution is 0.0959.